The zero-order valence-corrected chi connectivity index (χ0v) is 19.3. The molecule has 2 amide bonds. The maximum Gasteiger partial charge on any atom is 0.350 e. The topological polar surface area (TPSA) is 124 Å². The van der Waals surface area contributed by atoms with Gasteiger partial charge in [-0.15, -0.1) is 0 Å². The van der Waals surface area contributed by atoms with Crippen LogP contribution in [-0.4, -0.2) is 48.0 Å². The lowest BCUT2D eigenvalue weighted by Crippen LogP contribution is -2.43. The second-order valence-corrected chi connectivity index (χ2v) is 8.33. The Labute approximate surface area is 190 Å². The summed E-state index contributed by atoms with van der Waals surface area (Å²) in [6, 6.07) is 7.62. The van der Waals surface area contributed by atoms with Crippen molar-refractivity contribution in [3.05, 3.63) is 46.5 Å². The van der Waals surface area contributed by atoms with Crippen LogP contribution in [-0.2, 0) is 19.1 Å². The van der Waals surface area contributed by atoms with Gasteiger partial charge in [-0.05, 0) is 38.3 Å². The van der Waals surface area contributed by atoms with Crippen LogP contribution in [0.15, 0.2) is 30.3 Å². The van der Waals surface area contributed by atoms with Gasteiger partial charge in [0.2, 0.25) is 0 Å². The molecule has 0 fully saturated rings. The third kappa shape index (κ3) is 7.45. The van der Waals surface area contributed by atoms with E-state index in [-0.39, 0.29) is 17.7 Å². The number of benzene rings is 1. The number of aryl methyl sites for hydroxylation is 1. The van der Waals surface area contributed by atoms with E-state index in [4.69, 9.17) is 9.47 Å². The highest BCUT2D eigenvalue weighted by molar-refractivity contribution is 7.17. The molecule has 2 rings (SSSR count). The van der Waals surface area contributed by atoms with E-state index in [0.717, 1.165) is 11.3 Å². The van der Waals surface area contributed by atoms with E-state index in [0.29, 0.717) is 22.6 Å². The predicted molar refractivity (Wildman–Crippen MR) is 120 cm³/mol. The minimum Gasteiger partial charge on any atom is -0.462 e. The van der Waals surface area contributed by atoms with E-state index >= 15 is 0 Å². The predicted octanol–water partition coefficient (Wildman–Crippen LogP) is 2.95. The van der Waals surface area contributed by atoms with Crippen molar-refractivity contribution in [3.8, 4) is 0 Å². The molecular formula is C22H27N3O6S. The standard InChI is InChI=1S/C22H27N3O6S/c1-5-30-21(29)18-14(4)23-22(32-18)25-17(26)12-31-20(28)16(11-13(2)3)24-19(27)15-9-7-6-8-10-15/h6-10,13,16H,5,11-12H2,1-4H3,(H,24,27)(H,23,25,26). The molecule has 0 aliphatic heterocycles. The van der Waals surface area contributed by atoms with Gasteiger partial charge >= 0.3 is 11.9 Å². The van der Waals surface area contributed by atoms with Crippen LogP contribution in [0.5, 0.6) is 0 Å². The SMILES string of the molecule is CCOC(=O)c1sc(NC(=O)COC(=O)C(CC(C)C)NC(=O)c2ccccc2)nc1C. The van der Waals surface area contributed by atoms with E-state index in [2.05, 4.69) is 15.6 Å². The van der Waals surface area contributed by atoms with Gasteiger partial charge in [0, 0.05) is 5.56 Å². The first kappa shape index (κ1) is 25.0. The number of ether oxygens (including phenoxy) is 2. The van der Waals surface area contributed by atoms with Crippen LogP contribution in [0.1, 0.15) is 52.9 Å². The number of nitrogens with one attached hydrogen (secondary N) is 2. The fourth-order valence-electron chi connectivity index (χ4n) is 2.75. The number of carbonyl (C=O) groups is 4. The van der Waals surface area contributed by atoms with Crippen molar-refractivity contribution in [3.63, 3.8) is 0 Å². The number of nitrogens with zero attached hydrogens (tertiary/aromatic N) is 1. The Morgan fingerprint density at radius 1 is 1.09 bits per heavy atom. The van der Waals surface area contributed by atoms with Gasteiger partial charge in [-0.25, -0.2) is 14.6 Å². The molecule has 10 heteroatoms. The van der Waals surface area contributed by atoms with Crippen LogP contribution in [0.2, 0.25) is 0 Å². The summed E-state index contributed by atoms with van der Waals surface area (Å²) in [6.07, 6.45) is 0.355. The lowest BCUT2D eigenvalue weighted by molar-refractivity contribution is -0.149. The van der Waals surface area contributed by atoms with Gasteiger partial charge in [-0.2, -0.15) is 0 Å². The van der Waals surface area contributed by atoms with Crippen molar-refractivity contribution >= 4 is 40.2 Å². The van der Waals surface area contributed by atoms with Crippen LogP contribution in [0.4, 0.5) is 5.13 Å². The van der Waals surface area contributed by atoms with E-state index in [1.54, 1.807) is 44.2 Å². The molecule has 172 valence electrons. The highest BCUT2D eigenvalue weighted by Crippen LogP contribution is 2.23. The lowest BCUT2D eigenvalue weighted by Gasteiger charge is -2.19. The molecule has 1 atom stereocenters. The minimum atomic E-state index is -0.895. The monoisotopic (exact) mass is 461 g/mol. The van der Waals surface area contributed by atoms with Crippen LogP contribution < -0.4 is 10.6 Å². The van der Waals surface area contributed by atoms with Crippen molar-refractivity contribution in [1.29, 1.82) is 0 Å². The van der Waals surface area contributed by atoms with Crippen molar-refractivity contribution in [1.82, 2.24) is 10.3 Å². The average Bonchev–Trinajstić information content (AvgIpc) is 3.11. The molecule has 1 aromatic carbocycles. The van der Waals surface area contributed by atoms with E-state index in [9.17, 15) is 19.2 Å². The summed E-state index contributed by atoms with van der Waals surface area (Å²) < 4.78 is 10.1. The van der Waals surface area contributed by atoms with Crippen molar-refractivity contribution < 1.29 is 28.7 Å². The Kier molecular flexibility index (Phi) is 9.33. The van der Waals surface area contributed by atoms with Gasteiger partial charge in [0.1, 0.15) is 10.9 Å². The van der Waals surface area contributed by atoms with E-state index < -0.39 is 36.4 Å². The lowest BCUT2D eigenvalue weighted by atomic mass is 10.0. The van der Waals surface area contributed by atoms with Crippen LogP contribution >= 0.6 is 11.3 Å². The zero-order chi connectivity index (χ0) is 23.7. The maximum atomic E-state index is 12.5. The molecule has 0 saturated heterocycles. The summed E-state index contributed by atoms with van der Waals surface area (Å²) in [5.41, 5.74) is 0.852. The van der Waals surface area contributed by atoms with Gasteiger partial charge in [-0.3, -0.25) is 14.9 Å². The normalized spacial score (nSPS) is 11.5. The molecule has 32 heavy (non-hydrogen) atoms. The second kappa shape index (κ2) is 11.9. The molecule has 1 unspecified atom stereocenters. The van der Waals surface area contributed by atoms with Gasteiger partial charge in [-0.1, -0.05) is 43.4 Å². The number of hydrogen-bond donors (Lipinski definition) is 2. The van der Waals surface area contributed by atoms with E-state index in [1.165, 1.54) is 0 Å². The van der Waals surface area contributed by atoms with Crippen molar-refractivity contribution in [2.75, 3.05) is 18.5 Å². The van der Waals surface area contributed by atoms with Crippen molar-refractivity contribution in [2.45, 2.75) is 40.2 Å². The number of anilines is 1. The number of amides is 2. The number of carbonyl (C=O) groups excluding carboxylic acids is 4. The first-order valence-electron chi connectivity index (χ1n) is 10.2. The Morgan fingerprint density at radius 3 is 2.41 bits per heavy atom. The van der Waals surface area contributed by atoms with E-state index in [1.807, 2.05) is 13.8 Å². The number of rotatable bonds is 10. The summed E-state index contributed by atoms with van der Waals surface area (Å²) in [6.45, 7) is 6.82. The number of aromatic nitrogens is 1. The van der Waals surface area contributed by atoms with Gasteiger partial charge in [0.25, 0.3) is 11.8 Å². The third-order valence-corrected chi connectivity index (χ3v) is 5.24. The first-order chi connectivity index (χ1) is 15.2. The fourth-order valence-corrected chi connectivity index (χ4v) is 3.62. The Bertz CT molecular complexity index is 958. The molecule has 2 N–H and O–H groups in total. The summed E-state index contributed by atoms with van der Waals surface area (Å²) in [5, 5.41) is 5.36. The van der Waals surface area contributed by atoms with Crippen LogP contribution in [0, 0.1) is 12.8 Å². The first-order valence-corrected chi connectivity index (χ1v) is 11.0. The second-order valence-electron chi connectivity index (χ2n) is 7.33. The number of hydrogen-bond acceptors (Lipinski definition) is 8. The smallest absolute Gasteiger partial charge is 0.350 e. The van der Waals surface area contributed by atoms with Crippen LogP contribution in [0.3, 0.4) is 0 Å². The average molecular weight is 462 g/mol. The minimum absolute atomic E-state index is 0.108. The molecule has 0 aliphatic rings. The molecule has 0 saturated carbocycles. The van der Waals surface area contributed by atoms with Gasteiger partial charge in [0.05, 0.1) is 12.3 Å². The quantitative estimate of drug-likeness (QED) is 0.521. The van der Waals surface area contributed by atoms with Crippen molar-refractivity contribution in [2.24, 2.45) is 5.92 Å². The largest absolute Gasteiger partial charge is 0.462 e. The fraction of sp³-hybridized carbons (Fsp3) is 0.409. The summed E-state index contributed by atoms with van der Waals surface area (Å²) in [5.74, 6) is -2.12. The van der Waals surface area contributed by atoms with Gasteiger partial charge in [0.15, 0.2) is 11.7 Å². The Hall–Kier alpha value is -3.27. The molecule has 1 aromatic heterocycles. The summed E-state index contributed by atoms with van der Waals surface area (Å²) in [7, 11) is 0. The molecule has 0 spiro atoms. The Balaban J connectivity index is 1.94. The molecule has 0 radical (unpaired) electrons. The summed E-state index contributed by atoms with van der Waals surface area (Å²) >= 11 is 0.976. The molecule has 0 aliphatic carbocycles. The summed E-state index contributed by atoms with van der Waals surface area (Å²) in [4.78, 5) is 53.4. The van der Waals surface area contributed by atoms with Crippen LogP contribution in [0.25, 0.3) is 0 Å². The maximum absolute atomic E-state index is 12.5. The third-order valence-electron chi connectivity index (χ3n) is 4.18. The number of thiazole rings is 1. The highest BCUT2D eigenvalue weighted by Gasteiger charge is 2.25. The molecule has 0 bridgehead atoms. The van der Waals surface area contributed by atoms with Gasteiger partial charge < -0.3 is 14.8 Å². The molecule has 1 heterocycles. The molecule has 9 nitrogen and oxygen atoms in total. The Morgan fingerprint density at radius 2 is 1.78 bits per heavy atom. The highest BCUT2D eigenvalue weighted by atomic mass is 32.1. The molecular weight excluding hydrogens is 434 g/mol. The molecule has 2 aromatic rings. The number of esters is 2. The zero-order valence-electron chi connectivity index (χ0n) is 18.5.